The van der Waals surface area contributed by atoms with Gasteiger partial charge in [-0.25, -0.2) is 9.59 Å². The molecule has 0 aliphatic carbocycles. The van der Waals surface area contributed by atoms with Crippen molar-refractivity contribution in [2.24, 2.45) is 0 Å². The Morgan fingerprint density at radius 2 is 1.26 bits per heavy atom. The molecule has 2 aromatic carbocycles. The Balaban J connectivity index is -0.000000399. The topological polar surface area (TPSA) is 134 Å². The number of phenols is 2. The molecular weight excluding hydrogens is 439 g/mol. The second-order valence-electron chi connectivity index (χ2n) is 5.75. The minimum absolute atomic E-state index is 0. The number of carbonyl (C=O) groups is 2. The van der Waals surface area contributed by atoms with E-state index in [0.29, 0.717) is 17.7 Å². The van der Waals surface area contributed by atoms with Gasteiger partial charge in [0.15, 0.2) is 0 Å². The SMILES string of the molecule is CC(O)CO.CCCOC(=O)c1ccc(O)cc1.COC(=O)c1ccc(O)cc1.[Cl-].[Na+]. The Kier molecular flexibility index (Phi) is 21.9. The minimum Gasteiger partial charge on any atom is -1.00 e. The van der Waals surface area contributed by atoms with Gasteiger partial charge in [-0.1, -0.05) is 6.92 Å². The molecule has 168 valence electrons. The number of phenolic OH excluding ortho intramolecular Hbond substituents is 2. The Hall–Kier alpha value is -1.81. The van der Waals surface area contributed by atoms with Crippen LogP contribution in [0.1, 0.15) is 41.0 Å². The maximum Gasteiger partial charge on any atom is 1.00 e. The zero-order chi connectivity index (χ0) is 22.2. The van der Waals surface area contributed by atoms with Crippen LogP contribution >= 0.6 is 0 Å². The van der Waals surface area contributed by atoms with Crippen LogP contribution in [-0.2, 0) is 9.47 Å². The molecule has 2 aromatic rings. The number of aliphatic hydroxyl groups excluding tert-OH is 2. The van der Waals surface area contributed by atoms with Crippen molar-refractivity contribution in [3.63, 3.8) is 0 Å². The minimum atomic E-state index is -0.560. The molecule has 2 rings (SSSR count). The van der Waals surface area contributed by atoms with Crippen molar-refractivity contribution in [1.29, 1.82) is 0 Å². The van der Waals surface area contributed by atoms with Gasteiger partial charge in [-0.2, -0.15) is 0 Å². The van der Waals surface area contributed by atoms with E-state index < -0.39 is 12.1 Å². The molecule has 0 aliphatic heterocycles. The van der Waals surface area contributed by atoms with E-state index in [1.807, 2.05) is 6.92 Å². The predicted octanol–water partition coefficient (Wildman–Crippen LogP) is -3.49. The van der Waals surface area contributed by atoms with Crippen molar-refractivity contribution >= 4 is 11.9 Å². The molecular formula is C21H28ClNaO8. The Labute approximate surface area is 210 Å². The molecule has 0 aromatic heterocycles. The molecule has 0 aliphatic rings. The summed E-state index contributed by atoms with van der Waals surface area (Å²) in [4.78, 5) is 22.0. The van der Waals surface area contributed by atoms with Gasteiger partial charge in [0, 0.05) is 0 Å². The molecule has 0 bridgehead atoms. The smallest absolute Gasteiger partial charge is 1.00 e. The van der Waals surface area contributed by atoms with Gasteiger partial charge in [-0.3, -0.25) is 0 Å². The third-order valence-corrected chi connectivity index (χ3v) is 3.09. The van der Waals surface area contributed by atoms with Crippen LogP contribution in [0.25, 0.3) is 0 Å². The molecule has 0 radical (unpaired) electrons. The standard InChI is InChI=1S/C10H12O3.C8H8O3.C3H8O2.ClH.Na/c1-2-7-13-10(12)8-3-5-9(11)6-4-8;1-11-8(10)6-2-4-7(9)5-3-6;1-3(5)2-4;;/h3-6,11H,2,7H2,1H3;2-5,9H,1H3;3-5H,2H2,1H3;1H;/q;;;;+1/p-1. The number of esters is 2. The molecule has 31 heavy (non-hydrogen) atoms. The molecule has 1 unspecified atom stereocenters. The molecule has 0 spiro atoms. The van der Waals surface area contributed by atoms with Gasteiger partial charge in [0.25, 0.3) is 0 Å². The van der Waals surface area contributed by atoms with Crippen molar-refractivity contribution in [2.75, 3.05) is 20.3 Å². The zero-order valence-corrected chi connectivity index (χ0v) is 20.9. The van der Waals surface area contributed by atoms with Crippen molar-refractivity contribution in [2.45, 2.75) is 26.4 Å². The van der Waals surface area contributed by atoms with Crippen LogP contribution in [0.5, 0.6) is 11.5 Å². The van der Waals surface area contributed by atoms with E-state index in [-0.39, 0.29) is 66.0 Å². The van der Waals surface area contributed by atoms with E-state index in [1.165, 1.54) is 62.6 Å². The van der Waals surface area contributed by atoms with Gasteiger partial charge in [-0.05, 0) is 61.9 Å². The molecule has 0 fully saturated rings. The van der Waals surface area contributed by atoms with Crippen LogP contribution in [0.3, 0.4) is 0 Å². The third kappa shape index (κ3) is 16.5. The number of rotatable bonds is 5. The molecule has 1 atom stereocenters. The van der Waals surface area contributed by atoms with E-state index in [2.05, 4.69) is 4.74 Å². The van der Waals surface area contributed by atoms with Crippen LogP contribution in [-0.4, -0.2) is 58.8 Å². The van der Waals surface area contributed by atoms with Crippen molar-refractivity contribution in [3.05, 3.63) is 59.7 Å². The Morgan fingerprint density at radius 1 is 0.903 bits per heavy atom. The number of methoxy groups -OCH3 is 1. The van der Waals surface area contributed by atoms with Crippen LogP contribution in [0, 0.1) is 0 Å². The first-order valence-corrected chi connectivity index (χ1v) is 8.87. The first kappa shape index (κ1) is 33.8. The average Bonchev–Trinajstić information content (AvgIpc) is 2.73. The van der Waals surface area contributed by atoms with Crippen LogP contribution in [0.2, 0.25) is 0 Å². The number of ether oxygens (including phenoxy) is 2. The summed E-state index contributed by atoms with van der Waals surface area (Å²) in [6.45, 7) is 3.75. The van der Waals surface area contributed by atoms with Gasteiger partial charge in [0.05, 0.1) is 37.6 Å². The molecule has 0 saturated heterocycles. The number of carbonyl (C=O) groups excluding carboxylic acids is 2. The molecule has 10 heteroatoms. The number of halogens is 1. The summed E-state index contributed by atoms with van der Waals surface area (Å²) >= 11 is 0. The fourth-order valence-corrected chi connectivity index (χ4v) is 1.59. The van der Waals surface area contributed by atoms with Gasteiger partial charge >= 0.3 is 41.5 Å². The molecule has 0 heterocycles. The summed E-state index contributed by atoms with van der Waals surface area (Å²) in [5, 5.41) is 33.8. The van der Waals surface area contributed by atoms with Crippen LogP contribution in [0.15, 0.2) is 48.5 Å². The van der Waals surface area contributed by atoms with Gasteiger partial charge in [0.1, 0.15) is 11.5 Å². The fourth-order valence-electron chi connectivity index (χ4n) is 1.59. The summed E-state index contributed by atoms with van der Waals surface area (Å²) < 4.78 is 9.35. The van der Waals surface area contributed by atoms with E-state index in [0.717, 1.165) is 6.42 Å². The normalized spacial score (nSPS) is 9.71. The molecule has 0 saturated carbocycles. The summed E-state index contributed by atoms with van der Waals surface area (Å²) in [5.41, 5.74) is 0.900. The van der Waals surface area contributed by atoms with Crippen molar-refractivity contribution < 1.29 is 81.5 Å². The largest absolute Gasteiger partial charge is 1.00 e. The number of aromatic hydroxyl groups is 2. The summed E-state index contributed by atoms with van der Waals surface area (Å²) in [6, 6.07) is 11.9. The first-order chi connectivity index (χ1) is 13.7. The van der Waals surface area contributed by atoms with Crippen LogP contribution in [0.4, 0.5) is 0 Å². The second-order valence-corrected chi connectivity index (χ2v) is 5.75. The van der Waals surface area contributed by atoms with Crippen molar-refractivity contribution in [1.82, 2.24) is 0 Å². The maximum atomic E-state index is 11.2. The van der Waals surface area contributed by atoms with Gasteiger partial charge in [-0.15, -0.1) is 0 Å². The monoisotopic (exact) mass is 466 g/mol. The quantitative estimate of drug-likeness (QED) is 0.263. The predicted molar refractivity (Wildman–Crippen MR) is 107 cm³/mol. The number of hydrogen-bond donors (Lipinski definition) is 4. The molecule has 0 amide bonds. The Bertz CT molecular complexity index is 721. The van der Waals surface area contributed by atoms with E-state index in [4.69, 9.17) is 25.2 Å². The first-order valence-electron chi connectivity index (χ1n) is 8.87. The third-order valence-electron chi connectivity index (χ3n) is 3.09. The Morgan fingerprint density at radius 3 is 1.55 bits per heavy atom. The van der Waals surface area contributed by atoms with E-state index >= 15 is 0 Å². The summed E-state index contributed by atoms with van der Waals surface area (Å²) in [6.07, 6.45) is 0.249. The maximum absolute atomic E-state index is 11.2. The fraction of sp³-hybridized carbons (Fsp3) is 0.333. The molecule has 4 N–H and O–H groups in total. The molecule has 8 nitrogen and oxygen atoms in total. The zero-order valence-electron chi connectivity index (χ0n) is 18.1. The average molecular weight is 467 g/mol. The van der Waals surface area contributed by atoms with E-state index in [9.17, 15) is 9.59 Å². The van der Waals surface area contributed by atoms with Gasteiger partial charge < -0.3 is 42.3 Å². The van der Waals surface area contributed by atoms with E-state index in [1.54, 1.807) is 0 Å². The number of benzene rings is 2. The van der Waals surface area contributed by atoms with Crippen molar-refractivity contribution in [3.8, 4) is 11.5 Å². The summed E-state index contributed by atoms with van der Waals surface area (Å²) in [5.74, 6) is -0.462. The van der Waals surface area contributed by atoms with Gasteiger partial charge in [0.2, 0.25) is 0 Å². The summed E-state index contributed by atoms with van der Waals surface area (Å²) in [7, 11) is 1.31. The van der Waals surface area contributed by atoms with Crippen LogP contribution < -0.4 is 42.0 Å². The number of hydrogen-bond acceptors (Lipinski definition) is 8. The number of aliphatic hydroxyl groups is 2. The second kappa shape index (κ2) is 20.1.